The highest BCUT2D eigenvalue weighted by Gasteiger charge is 2.17. The van der Waals surface area contributed by atoms with Crippen LogP contribution in [0.2, 0.25) is 0 Å². The number of aliphatic hydroxyl groups is 1. The van der Waals surface area contributed by atoms with Crippen molar-refractivity contribution in [1.82, 2.24) is 5.32 Å². The molecule has 142 valence electrons. The lowest BCUT2D eigenvalue weighted by Crippen LogP contribution is -2.36. The number of nitrogens with one attached hydrogen (secondary N) is 1. The lowest BCUT2D eigenvalue weighted by Gasteiger charge is -2.17. The second-order valence-corrected chi connectivity index (χ2v) is 6.39. The number of carbonyl (C=O) groups excluding carboxylic acids is 1. The maximum Gasteiger partial charge on any atom is 0.241 e. The zero-order chi connectivity index (χ0) is 18.4. The van der Waals surface area contributed by atoms with E-state index in [9.17, 15) is 9.90 Å². The monoisotopic (exact) mass is 378 g/mol. The normalized spacial score (nSPS) is 12.8. The summed E-state index contributed by atoms with van der Waals surface area (Å²) in [6.07, 6.45) is -0.774. The zero-order valence-corrected chi connectivity index (χ0v) is 16.1. The Kier molecular flexibility index (Phi) is 8.58. The number of nitrogens with two attached hydrogens (primary N) is 1. The topological polar surface area (TPSA) is 84.6 Å². The Hall–Kier alpha value is -2.08. The van der Waals surface area contributed by atoms with Gasteiger partial charge in [-0.2, -0.15) is 0 Å². The van der Waals surface area contributed by atoms with Crippen molar-refractivity contribution in [2.24, 2.45) is 5.73 Å². The molecule has 0 bridgehead atoms. The highest BCUT2D eigenvalue weighted by molar-refractivity contribution is 5.85. The SMILES string of the molecule is Cc1ccc(C(N)C(=O)NCC(O)c2cccc(OC(C)C)c2)cc1.Cl. The standard InChI is InChI=1S/C20H26N2O3.ClH/c1-13(2)25-17-6-4-5-16(11-17)18(23)12-22-20(24)19(21)15-9-7-14(3)8-10-15;/h4-11,13,18-19,23H,12,21H2,1-3H3,(H,22,24);1H. The molecule has 4 N–H and O–H groups in total. The molecule has 2 aromatic carbocycles. The zero-order valence-electron chi connectivity index (χ0n) is 15.3. The minimum atomic E-state index is -0.829. The van der Waals surface area contributed by atoms with Crippen LogP contribution in [-0.2, 0) is 4.79 Å². The van der Waals surface area contributed by atoms with Gasteiger partial charge in [-0.15, -0.1) is 12.4 Å². The lowest BCUT2D eigenvalue weighted by molar-refractivity contribution is -0.122. The average Bonchev–Trinajstić information content (AvgIpc) is 2.59. The van der Waals surface area contributed by atoms with Crippen molar-refractivity contribution in [2.75, 3.05) is 6.54 Å². The summed E-state index contributed by atoms with van der Waals surface area (Å²) in [5.74, 6) is 0.367. The summed E-state index contributed by atoms with van der Waals surface area (Å²) in [4.78, 5) is 12.2. The Morgan fingerprint density at radius 2 is 1.81 bits per heavy atom. The van der Waals surface area contributed by atoms with Gasteiger partial charge in [-0.25, -0.2) is 0 Å². The Bertz CT molecular complexity index is 704. The third-order valence-corrected chi connectivity index (χ3v) is 3.80. The third kappa shape index (κ3) is 6.33. The summed E-state index contributed by atoms with van der Waals surface area (Å²) < 4.78 is 5.62. The maximum absolute atomic E-state index is 12.2. The molecule has 0 saturated heterocycles. The first-order valence-electron chi connectivity index (χ1n) is 8.41. The van der Waals surface area contributed by atoms with Crippen molar-refractivity contribution < 1.29 is 14.6 Å². The van der Waals surface area contributed by atoms with Gasteiger partial charge >= 0.3 is 0 Å². The van der Waals surface area contributed by atoms with Crippen LogP contribution in [0, 0.1) is 6.92 Å². The second kappa shape index (κ2) is 10.2. The van der Waals surface area contributed by atoms with Crippen molar-refractivity contribution in [2.45, 2.75) is 39.0 Å². The lowest BCUT2D eigenvalue weighted by atomic mass is 10.0. The van der Waals surface area contributed by atoms with Gasteiger partial charge in [0.2, 0.25) is 5.91 Å². The van der Waals surface area contributed by atoms with E-state index in [1.807, 2.05) is 57.2 Å². The molecule has 2 unspecified atom stereocenters. The predicted molar refractivity (Wildman–Crippen MR) is 106 cm³/mol. The molecular weight excluding hydrogens is 352 g/mol. The average molecular weight is 379 g/mol. The molecule has 1 amide bonds. The van der Waals surface area contributed by atoms with Crippen molar-refractivity contribution in [3.63, 3.8) is 0 Å². The Morgan fingerprint density at radius 1 is 1.15 bits per heavy atom. The van der Waals surface area contributed by atoms with Gasteiger partial charge in [0.05, 0.1) is 12.2 Å². The van der Waals surface area contributed by atoms with Crippen molar-refractivity contribution in [3.8, 4) is 5.75 Å². The van der Waals surface area contributed by atoms with Crippen LogP contribution in [0.3, 0.4) is 0 Å². The van der Waals surface area contributed by atoms with Crippen LogP contribution in [0.5, 0.6) is 5.75 Å². The summed E-state index contributed by atoms with van der Waals surface area (Å²) in [6, 6.07) is 14.0. The molecule has 0 aliphatic rings. The van der Waals surface area contributed by atoms with Gasteiger partial charge in [0, 0.05) is 6.54 Å². The number of rotatable bonds is 7. The van der Waals surface area contributed by atoms with Crippen LogP contribution in [0.1, 0.15) is 42.7 Å². The van der Waals surface area contributed by atoms with E-state index < -0.39 is 12.1 Å². The van der Waals surface area contributed by atoms with E-state index in [1.54, 1.807) is 12.1 Å². The summed E-state index contributed by atoms with van der Waals surface area (Å²) in [7, 11) is 0. The van der Waals surface area contributed by atoms with E-state index in [1.165, 1.54) is 0 Å². The Labute approximate surface area is 161 Å². The first-order valence-corrected chi connectivity index (χ1v) is 8.41. The number of halogens is 1. The first-order chi connectivity index (χ1) is 11.9. The smallest absolute Gasteiger partial charge is 0.241 e. The number of ether oxygens (including phenoxy) is 1. The number of amides is 1. The molecule has 0 saturated carbocycles. The van der Waals surface area contributed by atoms with Gasteiger partial charge in [0.15, 0.2) is 0 Å². The van der Waals surface area contributed by atoms with Gasteiger partial charge in [-0.1, -0.05) is 42.0 Å². The minimum absolute atomic E-state index is 0. The fraction of sp³-hybridized carbons (Fsp3) is 0.350. The number of aliphatic hydroxyl groups excluding tert-OH is 1. The Morgan fingerprint density at radius 3 is 2.42 bits per heavy atom. The number of benzene rings is 2. The van der Waals surface area contributed by atoms with Gasteiger partial charge in [-0.05, 0) is 44.0 Å². The van der Waals surface area contributed by atoms with Crippen LogP contribution in [0.4, 0.5) is 0 Å². The van der Waals surface area contributed by atoms with Crippen molar-refractivity contribution in [3.05, 3.63) is 65.2 Å². The second-order valence-electron chi connectivity index (χ2n) is 6.39. The molecule has 2 atom stereocenters. The van der Waals surface area contributed by atoms with E-state index in [4.69, 9.17) is 10.5 Å². The van der Waals surface area contributed by atoms with Crippen LogP contribution >= 0.6 is 12.4 Å². The molecule has 2 rings (SSSR count). The molecule has 0 radical (unpaired) electrons. The third-order valence-electron chi connectivity index (χ3n) is 3.80. The van der Waals surface area contributed by atoms with Crippen LogP contribution < -0.4 is 15.8 Å². The van der Waals surface area contributed by atoms with Crippen LogP contribution in [-0.4, -0.2) is 23.7 Å². The molecule has 26 heavy (non-hydrogen) atoms. The van der Waals surface area contributed by atoms with Gasteiger partial charge < -0.3 is 20.9 Å². The molecule has 0 aliphatic heterocycles. The number of hydrogen-bond donors (Lipinski definition) is 3. The fourth-order valence-corrected chi connectivity index (χ4v) is 2.42. The predicted octanol–water partition coefficient (Wildman–Crippen LogP) is 3.05. The summed E-state index contributed by atoms with van der Waals surface area (Å²) >= 11 is 0. The fourth-order valence-electron chi connectivity index (χ4n) is 2.42. The van der Waals surface area contributed by atoms with Crippen LogP contribution in [0.15, 0.2) is 48.5 Å². The molecule has 0 aromatic heterocycles. The van der Waals surface area contributed by atoms with Gasteiger partial charge in [-0.3, -0.25) is 4.79 Å². The molecule has 0 heterocycles. The van der Waals surface area contributed by atoms with Gasteiger partial charge in [0.25, 0.3) is 0 Å². The molecule has 6 heteroatoms. The minimum Gasteiger partial charge on any atom is -0.491 e. The number of hydrogen-bond acceptors (Lipinski definition) is 4. The summed E-state index contributed by atoms with van der Waals surface area (Å²) in [5, 5.41) is 13.0. The van der Waals surface area contributed by atoms with Gasteiger partial charge in [0.1, 0.15) is 11.8 Å². The maximum atomic E-state index is 12.2. The van der Waals surface area contributed by atoms with E-state index in [0.717, 1.165) is 11.1 Å². The van der Waals surface area contributed by atoms with E-state index in [0.29, 0.717) is 11.3 Å². The molecule has 0 fully saturated rings. The molecule has 0 aliphatic carbocycles. The largest absolute Gasteiger partial charge is 0.491 e. The molecule has 5 nitrogen and oxygen atoms in total. The van der Waals surface area contributed by atoms with Crippen LogP contribution in [0.25, 0.3) is 0 Å². The molecule has 2 aromatic rings. The van der Waals surface area contributed by atoms with E-state index in [2.05, 4.69) is 5.32 Å². The van der Waals surface area contributed by atoms with Crippen molar-refractivity contribution in [1.29, 1.82) is 0 Å². The van der Waals surface area contributed by atoms with E-state index in [-0.39, 0.29) is 31.0 Å². The van der Waals surface area contributed by atoms with Crippen molar-refractivity contribution >= 4 is 18.3 Å². The Balaban J connectivity index is 0.00000338. The highest BCUT2D eigenvalue weighted by Crippen LogP contribution is 2.20. The number of aryl methyl sites for hydroxylation is 1. The molecule has 0 spiro atoms. The summed E-state index contributed by atoms with van der Waals surface area (Å²) in [6.45, 7) is 5.94. The molecular formula is C20H27ClN2O3. The quantitative estimate of drug-likeness (QED) is 0.691. The first kappa shape index (κ1) is 22.0. The highest BCUT2D eigenvalue weighted by atomic mass is 35.5. The number of carbonyl (C=O) groups is 1. The summed E-state index contributed by atoms with van der Waals surface area (Å²) in [5.41, 5.74) is 8.51. The van der Waals surface area contributed by atoms with E-state index >= 15 is 0 Å².